The molecule has 31 heavy (non-hydrogen) atoms. The summed E-state index contributed by atoms with van der Waals surface area (Å²) in [7, 11) is 0. The van der Waals surface area contributed by atoms with Crippen LogP contribution in [-0.4, -0.2) is 61.0 Å². The zero-order valence-corrected chi connectivity index (χ0v) is 17.9. The minimum Gasteiger partial charge on any atom is -0.486 e. The van der Waals surface area contributed by atoms with Crippen LogP contribution in [0.25, 0.3) is 0 Å². The Morgan fingerprint density at radius 3 is 2.68 bits per heavy atom. The molecule has 1 aromatic rings. The van der Waals surface area contributed by atoms with Crippen LogP contribution in [0.2, 0.25) is 0 Å². The largest absolute Gasteiger partial charge is 0.486 e. The van der Waals surface area contributed by atoms with E-state index < -0.39 is 18.3 Å². The fraction of sp³-hybridized carbons (Fsp3) is 0.708. The number of carbonyl (C=O) groups is 1. The number of rotatable bonds is 11. The predicted molar refractivity (Wildman–Crippen MR) is 120 cm³/mol. The molecule has 2 aliphatic heterocycles. The highest BCUT2D eigenvalue weighted by Gasteiger charge is 2.30. The molecule has 1 aromatic carbocycles. The van der Waals surface area contributed by atoms with Crippen LogP contribution in [-0.2, 0) is 4.79 Å². The Kier molecular flexibility index (Phi) is 10.5. The van der Waals surface area contributed by atoms with E-state index in [0.29, 0.717) is 62.8 Å². The number of amides is 1. The summed E-state index contributed by atoms with van der Waals surface area (Å²) in [4.78, 5) is 14.5. The van der Waals surface area contributed by atoms with Gasteiger partial charge in [0.05, 0.1) is 6.04 Å². The fourth-order valence-corrected chi connectivity index (χ4v) is 4.10. The SMILES string of the molecule is C.CCCCCCCC(=O)N[C@H](CN1CC[C@@H](F)C1)[C@H](O)c1ccc2c(c1)OCCO2. The third-order valence-corrected chi connectivity index (χ3v) is 5.81. The monoisotopic (exact) mass is 438 g/mol. The molecule has 1 amide bonds. The fourth-order valence-electron chi connectivity index (χ4n) is 4.10. The second kappa shape index (κ2) is 12.9. The normalized spacial score (nSPS) is 20.0. The first-order chi connectivity index (χ1) is 14.6. The Bertz CT molecular complexity index is 688. The van der Waals surface area contributed by atoms with Gasteiger partial charge in [-0.3, -0.25) is 9.69 Å². The van der Waals surface area contributed by atoms with Crippen LogP contribution in [0.15, 0.2) is 18.2 Å². The number of hydrogen-bond acceptors (Lipinski definition) is 5. The summed E-state index contributed by atoms with van der Waals surface area (Å²) < 4.78 is 24.8. The second-order valence-electron chi connectivity index (χ2n) is 8.33. The number of ether oxygens (including phenoxy) is 2. The number of halogens is 1. The van der Waals surface area contributed by atoms with Gasteiger partial charge < -0.3 is 19.9 Å². The molecular weight excluding hydrogens is 399 g/mol. The van der Waals surface area contributed by atoms with E-state index in [1.54, 1.807) is 18.2 Å². The highest BCUT2D eigenvalue weighted by Crippen LogP contribution is 2.33. The number of unbranched alkanes of at least 4 members (excludes halogenated alkanes) is 4. The third kappa shape index (κ3) is 7.65. The minimum absolute atomic E-state index is 0. The lowest BCUT2D eigenvalue weighted by Crippen LogP contribution is -2.46. The molecule has 0 bridgehead atoms. The number of hydrogen-bond donors (Lipinski definition) is 2. The van der Waals surface area contributed by atoms with E-state index in [1.807, 2.05) is 4.90 Å². The Morgan fingerprint density at radius 1 is 1.23 bits per heavy atom. The van der Waals surface area contributed by atoms with Crippen molar-refractivity contribution in [3.05, 3.63) is 23.8 Å². The summed E-state index contributed by atoms with van der Waals surface area (Å²) in [5.41, 5.74) is 0.656. The van der Waals surface area contributed by atoms with Crippen molar-refractivity contribution in [3.63, 3.8) is 0 Å². The highest BCUT2D eigenvalue weighted by molar-refractivity contribution is 5.76. The maximum atomic E-state index is 13.6. The van der Waals surface area contributed by atoms with Crippen LogP contribution in [0.5, 0.6) is 11.5 Å². The van der Waals surface area contributed by atoms with Crippen LogP contribution in [0.4, 0.5) is 4.39 Å². The molecule has 3 rings (SSSR count). The lowest BCUT2D eigenvalue weighted by molar-refractivity contribution is -0.123. The number of aliphatic hydroxyl groups excluding tert-OH is 1. The number of alkyl halides is 1. The predicted octanol–water partition coefficient (Wildman–Crippen LogP) is 4.02. The van der Waals surface area contributed by atoms with Crippen LogP contribution in [0, 0.1) is 0 Å². The summed E-state index contributed by atoms with van der Waals surface area (Å²) in [5, 5.41) is 14.1. The van der Waals surface area contributed by atoms with Gasteiger partial charge in [-0.25, -0.2) is 4.39 Å². The lowest BCUT2D eigenvalue weighted by atomic mass is 10.0. The molecule has 0 unspecified atom stereocenters. The standard InChI is InChI=1S/C23H35FN2O4.CH4/c1-2-3-4-5-6-7-22(27)25-19(16-26-11-10-18(24)15-26)23(28)17-8-9-20-21(14-17)30-13-12-29-20;/h8-9,14,18-19,23,28H,2-7,10-13,15-16H2,1H3,(H,25,27);1H4/t18-,19-,23-;/m1./s1. The zero-order valence-electron chi connectivity index (χ0n) is 17.9. The molecule has 3 atom stereocenters. The number of fused-ring (bicyclic) bond motifs is 1. The van der Waals surface area contributed by atoms with Crippen LogP contribution >= 0.6 is 0 Å². The van der Waals surface area contributed by atoms with E-state index in [2.05, 4.69) is 12.2 Å². The topological polar surface area (TPSA) is 71.0 Å². The van der Waals surface area contributed by atoms with Gasteiger partial charge in [-0.1, -0.05) is 46.1 Å². The number of benzene rings is 1. The number of aliphatic hydroxyl groups is 1. The number of nitrogens with zero attached hydrogens (tertiary/aromatic N) is 1. The van der Waals surface area contributed by atoms with Crippen molar-refractivity contribution >= 4 is 5.91 Å². The maximum Gasteiger partial charge on any atom is 0.220 e. The lowest BCUT2D eigenvalue weighted by Gasteiger charge is -2.29. The molecule has 0 radical (unpaired) electrons. The van der Waals surface area contributed by atoms with Crippen LogP contribution in [0.1, 0.15) is 71.0 Å². The van der Waals surface area contributed by atoms with E-state index in [9.17, 15) is 14.3 Å². The first kappa shape index (κ1) is 25.4. The number of carbonyl (C=O) groups excluding carboxylic acids is 1. The molecule has 2 N–H and O–H groups in total. The van der Waals surface area contributed by atoms with Gasteiger partial charge >= 0.3 is 0 Å². The summed E-state index contributed by atoms with van der Waals surface area (Å²) in [6.45, 7) is 4.53. The molecule has 1 saturated heterocycles. The molecule has 0 saturated carbocycles. The van der Waals surface area contributed by atoms with Gasteiger partial charge in [0, 0.05) is 26.1 Å². The average Bonchev–Trinajstić information content (AvgIpc) is 3.17. The zero-order chi connectivity index (χ0) is 21.3. The van der Waals surface area contributed by atoms with Crippen molar-refractivity contribution in [3.8, 4) is 11.5 Å². The first-order valence-corrected chi connectivity index (χ1v) is 11.3. The molecule has 0 spiro atoms. The summed E-state index contributed by atoms with van der Waals surface area (Å²) in [5.74, 6) is 1.19. The van der Waals surface area contributed by atoms with Crippen molar-refractivity contribution in [1.82, 2.24) is 10.2 Å². The molecule has 2 heterocycles. The van der Waals surface area contributed by atoms with E-state index >= 15 is 0 Å². The molecule has 176 valence electrons. The molecule has 6 nitrogen and oxygen atoms in total. The summed E-state index contributed by atoms with van der Waals surface area (Å²) in [6.07, 6.45) is 4.56. The quantitative estimate of drug-likeness (QED) is 0.511. The molecule has 0 aromatic heterocycles. The van der Waals surface area contributed by atoms with Crippen molar-refractivity contribution < 1.29 is 23.8 Å². The van der Waals surface area contributed by atoms with Gasteiger partial charge in [-0.05, 0) is 30.5 Å². The number of nitrogens with one attached hydrogen (secondary N) is 1. The van der Waals surface area contributed by atoms with Gasteiger partial charge in [0.1, 0.15) is 25.5 Å². The van der Waals surface area contributed by atoms with Crippen LogP contribution in [0.3, 0.4) is 0 Å². The molecule has 7 heteroatoms. The Labute approximate surface area is 186 Å². The number of likely N-dealkylation sites (tertiary alicyclic amines) is 1. The van der Waals surface area contributed by atoms with E-state index in [0.717, 1.165) is 19.3 Å². The first-order valence-electron chi connectivity index (χ1n) is 11.3. The highest BCUT2D eigenvalue weighted by atomic mass is 19.1. The van der Waals surface area contributed by atoms with Gasteiger partial charge in [-0.15, -0.1) is 0 Å². The van der Waals surface area contributed by atoms with Crippen molar-refractivity contribution in [1.29, 1.82) is 0 Å². The smallest absolute Gasteiger partial charge is 0.220 e. The van der Waals surface area contributed by atoms with Gasteiger partial charge in [0.15, 0.2) is 11.5 Å². The second-order valence-corrected chi connectivity index (χ2v) is 8.33. The summed E-state index contributed by atoms with van der Waals surface area (Å²) in [6, 6.07) is 4.84. The summed E-state index contributed by atoms with van der Waals surface area (Å²) >= 11 is 0. The van der Waals surface area contributed by atoms with E-state index in [1.165, 1.54) is 12.8 Å². The van der Waals surface area contributed by atoms with Crippen molar-refractivity contribution in [2.24, 2.45) is 0 Å². The van der Waals surface area contributed by atoms with Crippen molar-refractivity contribution in [2.75, 3.05) is 32.8 Å². The molecule has 0 aliphatic carbocycles. The van der Waals surface area contributed by atoms with E-state index in [-0.39, 0.29) is 13.3 Å². The van der Waals surface area contributed by atoms with E-state index in [4.69, 9.17) is 9.47 Å². The Hall–Kier alpha value is -1.86. The van der Waals surface area contributed by atoms with Gasteiger partial charge in [0.2, 0.25) is 5.91 Å². The minimum atomic E-state index is -0.913. The maximum absolute atomic E-state index is 13.6. The molecule has 1 fully saturated rings. The van der Waals surface area contributed by atoms with Gasteiger partial charge in [-0.2, -0.15) is 0 Å². The Morgan fingerprint density at radius 2 is 1.97 bits per heavy atom. The molecule has 2 aliphatic rings. The van der Waals surface area contributed by atoms with Crippen LogP contribution < -0.4 is 14.8 Å². The van der Waals surface area contributed by atoms with Crippen molar-refractivity contribution in [2.45, 2.75) is 77.6 Å². The Balaban J connectivity index is 0.00000341. The average molecular weight is 439 g/mol. The van der Waals surface area contributed by atoms with Gasteiger partial charge in [0.25, 0.3) is 0 Å². The third-order valence-electron chi connectivity index (χ3n) is 5.81. The molecular formula is C24H39FN2O4.